The van der Waals surface area contributed by atoms with Crippen LogP contribution in [0.3, 0.4) is 0 Å². The predicted octanol–water partition coefficient (Wildman–Crippen LogP) is 6.12. The van der Waals surface area contributed by atoms with Crippen molar-refractivity contribution in [1.82, 2.24) is 0 Å². The Kier molecular flexibility index (Phi) is 5.74. The molecule has 2 rings (SSSR count). The van der Waals surface area contributed by atoms with Gasteiger partial charge >= 0.3 is 0 Å². The first-order valence-corrected chi connectivity index (χ1v) is 8.44. The average molecular weight is 359 g/mol. The van der Waals surface area contributed by atoms with Crippen LogP contribution in [0.2, 0.25) is 4.34 Å². The molecule has 0 fully saturated rings. The van der Waals surface area contributed by atoms with Crippen LogP contribution in [0, 0.1) is 0 Å². The van der Waals surface area contributed by atoms with Crippen LogP contribution in [0.15, 0.2) is 34.8 Å². The van der Waals surface area contributed by atoms with Crippen molar-refractivity contribution in [3.8, 4) is 0 Å². The molecule has 102 valence electrons. The molecule has 1 nitrogen and oxygen atoms in total. The fraction of sp³-hybridized carbons (Fsp3) is 0.333. The topological polar surface area (TPSA) is 12.0 Å². The van der Waals surface area contributed by atoms with Gasteiger partial charge in [0.25, 0.3) is 0 Å². The summed E-state index contributed by atoms with van der Waals surface area (Å²) in [6, 6.07) is 10.8. The molecule has 0 saturated carbocycles. The lowest BCUT2D eigenvalue weighted by molar-refractivity contribution is 0.795. The molecule has 0 saturated heterocycles. The molecule has 0 aliphatic rings. The summed E-state index contributed by atoms with van der Waals surface area (Å²) in [5.41, 5.74) is 2.57. The summed E-state index contributed by atoms with van der Waals surface area (Å²) in [6.45, 7) is 3.03. The van der Waals surface area contributed by atoms with E-state index < -0.39 is 0 Å². The molecule has 0 spiro atoms. The van der Waals surface area contributed by atoms with Crippen molar-refractivity contribution in [1.29, 1.82) is 0 Å². The summed E-state index contributed by atoms with van der Waals surface area (Å²) < 4.78 is 1.79. The highest BCUT2D eigenvalue weighted by atomic mass is 79.9. The van der Waals surface area contributed by atoms with E-state index in [9.17, 15) is 0 Å². The maximum absolute atomic E-state index is 6.02. The fourth-order valence-electron chi connectivity index (χ4n) is 1.84. The van der Waals surface area contributed by atoms with Crippen LogP contribution in [-0.2, 0) is 13.0 Å². The van der Waals surface area contributed by atoms with Crippen molar-refractivity contribution >= 4 is 44.6 Å². The molecule has 0 aliphatic carbocycles. The second kappa shape index (κ2) is 7.32. The summed E-state index contributed by atoms with van der Waals surface area (Å²) >= 11 is 11.1. The zero-order chi connectivity index (χ0) is 13.7. The number of unbranched alkanes of at least 4 members (excludes halogenated alkanes) is 1. The molecule has 19 heavy (non-hydrogen) atoms. The highest BCUT2D eigenvalue weighted by molar-refractivity contribution is 9.10. The molecule has 0 bridgehead atoms. The van der Waals surface area contributed by atoms with E-state index in [2.05, 4.69) is 58.5 Å². The van der Waals surface area contributed by atoms with E-state index >= 15 is 0 Å². The van der Waals surface area contributed by atoms with Crippen molar-refractivity contribution in [2.45, 2.75) is 32.7 Å². The highest BCUT2D eigenvalue weighted by Gasteiger charge is 2.04. The quantitative estimate of drug-likeness (QED) is 0.656. The predicted molar refractivity (Wildman–Crippen MR) is 89.4 cm³/mol. The minimum Gasteiger partial charge on any atom is -0.380 e. The largest absolute Gasteiger partial charge is 0.380 e. The van der Waals surface area contributed by atoms with Crippen LogP contribution < -0.4 is 5.32 Å². The van der Waals surface area contributed by atoms with Gasteiger partial charge in [0.05, 0.1) is 0 Å². The molecular formula is C15H17BrClNS. The monoisotopic (exact) mass is 357 g/mol. The highest BCUT2D eigenvalue weighted by Crippen LogP contribution is 2.32. The molecule has 4 heteroatoms. The van der Waals surface area contributed by atoms with Gasteiger partial charge in [0, 0.05) is 21.6 Å². The molecule has 0 aliphatic heterocycles. The minimum absolute atomic E-state index is 0.810. The van der Waals surface area contributed by atoms with Crippen molar-refractivity contribution in [2.24, 2.45) is 0 Å². The van der Waals surface area contributed by atoms with E-state index in [-0.39, 0.29) is 0 Å². The summed E-state index contributed by atoms with van der Waals surface area (Å²) in [7, 11) is 0. The van der Waals surface area contributed by atoms with Gasteiger partial charge in [-0.2, -0.15) is 0 Å². The molecule has 2 aromatic rings. The number of thiophene rings is 1. The number of anilines is 1. The lowest BCUT2D eigenvalue weighted by Gasteiger charge is -2.06. The normalized spacial score (nSPS) is 10.7. The first-order chi connectivity index (χ1) is 9.19. The zero-order valence-corrected chi connectivity index (χ0v) is 14.0. The van der Waals surface area contributed by atoms with Crippen molar-refractivity contribution < 1.29 is 0 Å². The standard InChI is InChI=1S/C15H17BrClNS/c1-2-3-4-11-5-7-12(8-6-11)18-10-13-9-14(16)15(17)19-13/h5-9,18H,2-4,10H2,1H3. The Labute approximate surface area is 132 Å². The molecule has 0 radical (unpaired) electrons. The second-order valence-electron chi connectivity index (χ2n) is 4.49. The van der Waals surface area contributed by atoms with Gasteiger partial charge in [0.1, 0.15) is 4.34 Å². The Bertz CT molecular complexity index is 502. The van der Waals surface area contributed by atoms with E-state index in [1.165, 1.54) is 29.7 Å². The van der Waals surface area contributed by atoms with Gasteiger partial charge in [0.2, 0.25) is 0 Å². The molecular weight excluding hydrogens is 342 g/mol. The molecule has 0 unspecified atom stereocenters. The van der Waals surface area contributed by atoms with Gasteiger partial charge in [-0.1, -0.05) is 37.1 Å². The van der Waals surface area contributed by atoms with E-state index in [1.807, 2.05) is 0 Å². The third-order valence-electron chi connectivity index (χ3n) is 2.94. The molecule has 0 amide bonds. The van der Waals surface area contributed by atoms with Crippen LogP contribution in [0.4, 0.5) is 5.69 Å². The minimum atomic E-state index is 0.810. The average Bonchev–Trinajstić information content (AvgIpc) is 2.74. The molecule has 1 heterocycles. The van der Waals surface area contributed by atoms with E-state index in [1.54, 1.807) is 11.3 Å². The van der Waals surface area contributed by atoms with E-state index in [0.717, 1.165) is 21.0 Å². The van der Waals surface area contributed by atoms with Crippen molar-refractivity contribution in [2.75, 3.05) is 5.32 Å². The molecule has 1 aromatic heterocycles. The van der Waals surface area contributed by atoms with Gasteiger partial charge in [-0.05, 0) is 52.5 Å². The molecule has 1 N–H and O–H groups in total. The first-order valence-electron chi connectivity index (χ1n) is 6.45. The van der Waals surface area contributed by atoms with Gasteiger partial charge in [0.15, 0.2) is 0 Å². The number of nitrogens with one attached hydrogen (secondary N) is 1. The lowest BCUT2D eigenvalue weighted by atomic mass is 10.1. The number of hydrogen-bond acceptors (Lipinski definition) is 2. The van der Waals surface area contributed by atoms with E-state index in [0.29, 0.717) is 0 Å². The lowest BCUT2D eigenvalue weighted by Crippen LogP contribution is -1.97. The fourth-order valence-corrected chi connectivity index (χ4v) is 3.57. The van der Waals surface area contributed by atoms with Crippen LogP contribution in [-0.4, -0.2) is 0 Å². The van der Waals surface area contributed by atoms with Gasteiger partial charge in [-0.3, -0.25) is 0 Å². The van der Waals surface area contributed by atoms with Crippen molar-refractivity contribution in [3.63, 3.8) is 0 Å². The zero-order valence-electron chi connectivity index (χ0n) is 10.9. The second-order valence-corrected chi connectivity index (χ2v) is 7.08. The first kappa shape index (κ1) is 14.9. The summed E-state index contributed by atoms with van der Waals surface area (Å²) in [6.07, 6.45) is 3.67. The Balaban J connectivity index is 1.89. The molecule has 0 atom stereocenters. The van der Waals surface area contributed by atoms with Crippen LogP contribution in [0.5, 0.6) is 0 Å². The third-order valence-corrected chi connectivity index (χ3v) is 5.41. The summed E-state index contributed by atoms with van der Waals surface area (Å²) in [5.74, 6) is 0. The number of aryl methyl sites for hydroxylation is 1. The number of hydrogen-bond donors (Lipinski definition) is 1. The number of benzene rings is 1. The Morgan fingerprint density at radius 3 is 2.58 bits per heavy atom. The van der Waals surface area contributed by atoms with Gasteiger partial charge in [-0.25, -0.2) is 0 Å². The summed E-state index contributed by atoms with van der Waals surface area (Å²) in [4.78, 5) is 1.23. The maximum atomic E-state index is 6.02. The molecule has 1 aromatic carbocycles. The van der Waals surface area contributed by atoms with E-state index in [4.69, 9.17) is 11.6 Å². The smallest absolute Gasteiger partial charge is 0.107 e. The van der Waals surface area contributed by atoms with Crippen molar-refractivity contribution in [3.05, 3.63) is 49.6 Å². The SMILES string of the molecule is CCCCc1ccc(NCc2cc(Br)c(Cl)s2)cc1. The Morgan fingerprint density at radius 2 is 2.00 bits per heavy atom. The third kappa shape index (κ3) is 4.51. The van der Waals surface area contributed by atoms with Crippen LogP contribution in [0.25, 0.3) is 0 Å². The van der Waals surface area contributed by atoms with Crippen LogP contribution >= 0.6 is 38.9 Å². The Morgan fingerprint density at radius 1 is 1.26 bits per heavy atom. The van der Waals surface area contributed by atoms with Gasteiger partial charge < -0.3 is 5.32 Å². The number of halogens is 2. The van der Waals surface area contributed by atoms with Crippen LogP contribution in [0.1, 0.15) is 30.2 Å². The summed E-state index contributed by atoms with van der Waals surface area (Å²) in [5, 5.41) is 3.42. The van der Waals surface area contributed by atoms with Gasteiger partial charge in [-0.15, -0.1) is 11.3 Å². The number of rotatable bonds is 6. The Hall–Kier alpha value is -0.510. The maximum Gasteiger partial charge on any atom is 0.107 e.